The molecule has 1 N–H and O–H groups in total. The van der Waals surface area contributed by atoms with Gasteiger partial charge in [-0.25, -0.2) is 4.98 Å². The Bertz CT molecular complexity index is 949. The molecule has 1 amide bonds. The van der Waals surface area contributed by atoms with Crippen LogP contribution in [0.4, 0.5) is 13.2 Å². The normalized spacial score (nSPS) is 11.6. The molecule has 0 saturated carbocycles. The number of carbonyl (C=O) groups excluding carboxylic acids is 1. The van der Waals surface area contributed by atoms with Crippen LogP contribution in [0.3, 0.4) is 0 Å². The first-order valence-electron chi connectivity index (χ1n) is 8.83. The van der Waals surface area contributed by atoms with E-state index in [0.29, 0.717) is 24.1 Å². The molecule has 2 heterocycles. The second kappa shape index (κ2) is 9.51. The highest BCUT2D eigenvalue weighted by Crippen LogP contribution is 2.29. The van der Waals surface area contributed by atoms with E-state index in [1.54, 1.807) is 46.9 Å². The van der Waals surface area contributed by atoms with Gasteiger partial charge in [0, 0.05) is 22.4 Å². The summed E-state index contributed by atoms with van der Waals surface area (Å²) in [5, 5.41) is 5.92. The third-order valence-electron chi connectivity index (χ3n) is 3.94. The zero-order valence-corrected chi connectivity index (χ0v) is 17.2. The Balaban J connectivity index is 1.44. The standard InChI is InChI=1S/C20H19F3N2O2S2/c1-13-25-17(11-28-13)18-7-6-16(29-18)8-9-24-19(26)15-4-2-14(3-5-15)10-27-12-20(21,22)23/h2-7,11H,8-10,12H2,1H3,(H,24,26). The van der Waals surface area contributed by atoms with Crippen molar-refractivity contribution in [3.8, 4) is 10.6 Å². The highest BCUT2D eigenvalue weighted by atomic mass is 32.1. The average Bonchev–Trinajstić information content (AvgIpc) is 3.30. The van der Waals surface area contributed by atoms with Crippen LogP contribution in [0, 0.1) is 6.92 Å². The van der Waals surface area contributed by atoms with E-state index in [9.17, 15) is 18.0 Å². The van der Waals surface area contributed by atoms with Crippen LogP contribution < -0.4 is 5.32 Å². The molecule has 154 valence electrons. The van der Waals surface area contributed by atoms with Gasteiger partial charge in [0.05, 0.1) is 22.2 Å². The molecule has 0 atom stereocenters. The zero-order chi connectivity index (χ0) is 20.9. The molecule has 0 saturated heterocycles. The molecule has 2 aromatic heterocycles. The van der Waals surface area contributed by atoms with Gasteiger partial charge in [0.15, 0.2) is 0 Å². The number of carbonyl (C=O) groups is 1. The second-order valence-electron chi connectivity index (χ2n) is 6.33. The molecule has 0 spiro atoms. The molecule has 29 heavy (non-hydrogen) atoms. The lowest BCUT2D eigenvalue weighted by molar-refractivity contribution is -0.176. The van der Waals surface area contributed by atoms with E-state index in [1.807, 2.05) is 24.4 Å². The number of thiazole rings is 1. The number of hydrogen-bond donors (Lipinski definition) is 1. The van der Waals surface area contributed by atoms with E-state index < -0.39 is 12.8 Å². The van der Waals surface area contributed by atoms with Crippen molar-refractivity contribution in [3.05, 3.63) is 62.8 Å². The molecular formula is C20H19F3N2O2S2. The number of benzene rings is 1. The molecule has 9 heteroatoms. The Morgan fingerprint density at radius 2 is 1.93 bits per heavy atom. The molecule has 3 aromatic rings. The van der Waals surface area contributed by atoms with E-state index in [1.165, 1.54) is 0 Å². The number of aromatic nitrogens is 1. The fourth-order valence-corrected chi connectivity index (χ4v) is 4.22. The summed E-state index contributed by atoms with van der Waals surface area (Å²) in [6, 6.07) is 10.4. The van der Waals surface area contributed by atoms with Crippen molar-refractivity contribution in [1.82, 2.24) is 10.3 Å². The van der Waals surface area contributed by atoms with E-state index >= 15 is 0 Å². The molecule has 1 aromatic carbocycles. The fourth-order valence-electron chi connectivity index (χ4n) is 2.56. The van der Waals surface area contributed by atoms with Crippen molar-refractivity contribution < 1.29 is 22.7 Å². The molecule has 0 radical (unpaired) electrons. The number of amides is 1. The Morgan fingerprint density at radius 1 is 1.17 bits per heavy atom. The molecular weight excluding hydrogens is 421 g/mol. The minimum absolute atomic E-state index is 0.152. The molecule has 0 unspecified atom stereocenters. The molecule has 0 aliphatic rings. The van der Waals surface area contributed by atoms with Crippen molar-refractivity contribution >= 4 is 28.6 Å². The number of alkyl halides is 3. The van der Waals surface area contributed by atoms with E-state index in [2.05, 4.69) is 15.0 Å². The van der Waals surface area contributed by atoms with Gasteiger partial charge in [-0.1, -0.05) is 12.1 Å². The summed E-state index contributed by atoms with van der Waals surface area (Å²) in [5.74, 6) is -0.223. The van der Waals surface area contributed by atoms with Gasteiger partial charge in [-0.2, -0.15) is 13.2 Å². The smallest absolute Gasteiger partial charge is 0.367 e. The van der Waals surface area contributed by atoms with Crippen LogP contribution in [0.1, 0.15) is 25.8 Å². The first-order chi connectivity index (χ1) is 13.8. The van der Waals surface area contributed by atoms with Crippen molar-refractivity contribution in [1.29, 1.82) is 0 Å². The van der Waals surface area contributed by atoms with Crippen molar-refractivity contribution in [2.24, 2.45) is 0 Å². The SMILES string of the molecule is Cc1nc(-c2ccc(CCNC(=O)c3ccc(COCC(F)(F)F)cc3)s2)cs1. The quantitative estimate of drug-likeness (QED) is 0.522. The fraction of sp³-hybridized carbons (Fsp3) is 0.300. The van der Waals surface area contributed by atoms with Crippen LogP contribution in [-0.4, -0.2) is 30.2 Å². The van der Waals surface area contributed by atoms with Crippen molar-refractivity contribution in [2.45, 2.75) is 26.1 Å². The van der Waals surface area contributed by atoms with Crippen LogP contribution in [0.15, 0.2) is 41.8 Å². The molecule has 0 bridgehead atoms. The minimum atomic E-state index is -4.34. The average molecular weight is 441 g/mol. The minimum Gasteiger partial charge on any atom is -0.367 e. The highest BCUT2D eigenvalue weighted by Gasteiger charge is 2.27. The predicted octanol–water partition coefficient (Wildman–Crippen LogP) is 5.23. The Labute approximate surface area is 174 Å². The molecule has 3 rings (SSSR count). The molecule has 0 aliphatic carbocycles. The van der Waals surface area contributed by atoms with Gasteiger partial charge < -0.3 is 10.1 Å². The summed E-state index contributed by atoms with van der Waals surface area (Å²) in [6.45, 7) is 1.02. The maximum Gasteiger partial charge on any atom is 0.411 e. The number of aryl methyl sites for hydroxylation is 1. The number of ether oxygens (including phenoxy) is 1. The first-order valence-corrected chi connectivity index (χ1v) is 10.5. The van der Waals surface area contributed by atoms with Gasteiger partial charge in [0.1, 0.15) is 6.61 Å². The van der Waals surface area contributed by atoms with Gasteiger partial charge in [0.25, 0.3) is 5.91 Å². The lowest BCUT2D eigenvalue weighted by Gasteiger charge is -2.08. The topological polar surface area (TPSA) is 51.2 Å². The van der Waals surface area contributed by atoms with Gasteiger partial charge >= 0.3 is 6.18 Å². The molecule has 0 fully saturated rings. The first kappa shape index (κ1) is 21.5. The molecule has 4 nitrogen and oxygen atoms in total. The van der Waals surface area contributed by atoms with E-state index in [-0.39, 0.29) is 12.5 Å². The Kier molecular flexibility index (Phi) is 7.05. The number of hydrogen-bond acceptors (Lipinski definition) is 5. The van der Waals surface area contributed by atoms with Crippen LogP contribution in [0.25, 0.3) is 10.6 Å². The summed E-state index contributed by atoms with van der Waals surface area (Å²) < 4.78 is 40.8. The summed E-state index contributed by atoms with van der Waals surface area (Å²) in [6.07, 6.45) is -3.63. The lowest BCUT2D eigenvalue weighted by atomic mass is 10.1. The Morgan fingerprint density at radius 3 is 2.59 bits per heavy atom. The number of nitrogens with zero attached hydrogens (tertiary/aromatic N) is 1. The highest BCUT2D eigenvalue weighted by molar-refractivity contribution is 7.16. The van der Waals surface area contributed by atoms with Gasteiger partial charge in [-0.05, 0) is 43.2 Å². The van der Waals surface area contributed by atoms with Gasteiger partial charge in [0.2, 0.25) is 0 Å². The van der Waals surface area contributed by atoms with Crippen molar-refractivity contribution in [2.75, 3.05) is 13.2 Å². The van der Waals surface area contributed by atoms with Crippen molar-refractivity contribution in [3.63, 3.8) is 0 Å². The monoisotopic (exact) mass is 440 g/mol. The third-order valence-corrected chi connectivity index (χ3v) is 5.88. The van der Waals surface area contributed by atoms with Crippen LogP contribution >= 0.6 is 22.7 Å². The van der Waals surface area contributed by atoms with Gasteiger partial charge in [-0.3, -0.25) is 4.79 Å². The number of rotatable bonds is 8. The van der Waals surface area contributed by atoms with Crippen LogP contribution in [0.2, 0.25) is 0 Å². The van der Waals surface area contributed by atoms with Crippen LogP contribution in [0.5, 0.6) is 0 Å². The second-order valence-corrected chi connectivity index (χ2v) is 8.56. The Hall–Kier alpha value is -2.23. The zero-order valence-electron chi connectivity index (χ0n) is 15.6. The van der Waals surface area contributed by atoms with Gasteiger partial charge in [-0.15, -0.1) is 22.7 Å². The summed E-state index contributed by atoms with van der Waals surface area (Å²) >= 11 is 3.27. The predicted molar refractivity (Wildman–Crippen MR) is 108 cm³/mol. The van der Waals surface area contributed by atoms with E-state index in [4.69, 9.17) is 0 Å². The summed E-state index contributed by atoms with van der Waals surface area (Å²) in [5.41, 5.74) is 2.01. The maximum absolute atomic E-state index is 12.2. The summed E-state index contributed by atoms with van der Waals surface area (Å²) in [7, 11) is 0. The number of nitrogens with one attached hydrogen (secondary N) is 1. The maximum atomic E-state index is 12.2. The largest absolute Gasteiger partial charge is 0.411 e. The lowest BCUT2D eigenvalue weighted by Crippen LogP contribution is -2.25. The third kappa shape index (κ3) is 6.66. The molecule has 0 aliphatic heterocycles. The van der Waals surface area contributed by atoms with Crippen LogP contribution in [-0.2, 0) is 17.8 Å². The summed E-state index contributed by atoms with van der Waals surface area (Å²) in [4.78, 5) is 19.0. The van der Waals surface area contributed by atoms with E-state index in [0.717, 1.165) is 20.5 Å². The number of halogens is 3. The number of thiophene rings is 1.